The molecule has 0 nitrogen and oxygen atoms in total. The van der Waals surface area contributed by atoms with Crippen molar-refractivity contribution in [2.45, 2.75) is 186 Å². The first-order valence-corrected chi connectivity index (χ1v) is 23.0. The molecule has 0 N–H and O–H groups in total. The lowest BCUT2D eigenvalue weighted by atomic mass is 9.80. The van der Waals surface area contributed by atoms with Gasteiger partial charge in [0.1, 0.15) is 0 Å². The smallest absolute Gasteiger partial charge is 0.0117 e. The quantitative estimate of drug-likeness (QED) is 0.0889. The number of hydrogen-bond acceptors (Lipinski definition) is 0. The lowest BCUT2D eigenvalue weighted by Gasteiger charge is -2.23. The lowest BCUT2D eigenvalue weighted by Crippen LogP contribution is -2.16. The van der Waals surface area contributed by atoms with E-state index in [9.17, 15) is 0 Å². The van der Waals surface area contributed by atoms with Crippen molar-refractivity contribution in [3.8, 4) is 0 Å². The van der Waals surface area contributed by atoms with Crippen molar-refractivity contribution in [3.05, 3.63) is 167 Å². The van der Waals surface area contributed by atoms with Gasteiger partial charge < -0.3 is 0 Å². The molecule has 0 saturated heterocycles. The highest BCUT2D eigenvalue weighted by Gasteiger charge is 2.38. The van der Waals surface area contributed by atoms with Gasteiger partial charge in [-0.3, -0.25) is 0 Å². The van der Waals surface area contributed by atoms with E-state index in [4.69, 9.17) is 0 Å². The van der Waals surface area contributed by atoms with Crippen LogP contribution >= 0.6 is 0 Å². The van der Waals surface area contributed by atoms with Crippen molar-refractivity contribution in [3.63, 3.8) is 0 Å². The van der Waals surface area contributed by atoms with Crippen LogP contribution in [-0.4, -0.2) is 0 Å². The monoisotopic (exact) mass is 789 g/mol. The summed E-state index contributed by atoms with van der Waals surface area (Å²) >= 11 is 0. The predicted octanol–water partition coefficient (Wildman–Crippen LogP) is 19.4. The highest BCUT2D eigenvalue weighted by molar-refractivity contribution is 5.55. The molecule has 58 heavy (non-hydrogen) atoms. The van der Waals surface area contributed by atoms with E-state index in [0.29, 0.717) is 5.92 Å². The van der Waals surface area contributed by atoms with E-state index in [1.54, 1.807) is 5.57 Å². The molecule has 0 heteroatoms. The molecule has 0 fully saturated rings. The molecule has 0 bridgehead atoms. The third kappa shape index (κ3) is 23.7. The number of rotatable bonds is 16. The van der Waals surface area contributed by atoms with Gasteiger partial charge in [-0.2, -0.15) is 0 Å². The summed E-state index contributed by atoms with van der Waals surface area (Å²) < 4.78 is 0. The van der Waals surface area contributed by atoms with E-state index in [1.165, 1.54) is 102 Å². The van der Waals surface area contributed by atoms with Crippen LogP contribution in [0.3, 0.4) is 0 Å². The Balaban J connectivity index is 0. The van der Waals surface area contributed by atoms with E-state index in [-0.39, 0.29) is 5.41 Å². The molecule has 0 amide bonds. The zero-order valence-electron chi connectivity index (χ0n) is 41.0. The maximum atomic E-state index is 3.76. The molecule has 0 radical (unpaired) electrons. The summed E-state index contributed by atoms with van der Waals surface area (Å²) in [5.41, 5.74) is 12.9. The van der Waals surface area contributed by atoms with Gasteiger partial charge in [-0.1, -0.05) is 238 Å². The van der Waals surface area contributed by atoms with E-state index >= 15 is 0 Å². The molecule has 0 heterocycles. The Morgan fingerprint density at radius 3 is 2.02 bits per heavy atom. The van der Waals surface area contributed by atoms with E-state index in [1.807, 2.05) is 32.1 Å². The van der Waals surface area contributed by atoms with Crippen LogP contribution in [0.1, 0.15) is 192 Å². The van der Waals surface area contributed by atoms with Gasteiger partial charge in [0.05, 0.1) is 0 Å². The first-order valence-electron chi connectivity index (χ1n) is 23.0. The Morgan fingerprint density at radius 2 is 1.48 bits per heavy atom. The fourth-order valence-electron chi connectivity index (χ4n) is 7.37. The molecule has 0 aromatic heterocycles. The van der Waals surface area contributed by atoms with Crippen LogP contribution in [0.25, 0.3) is 0 Å². The van der Waals surface area contributed by atoms with E-state index in [0.717, 1.165) is 18.3 Å². The van der Waals surface area contributed by atoms with Crippen LogP contribution in [0.4, 0.5) is 0 Å². The molecule has 3 rings (SSSR count). The standard InChI is InChI=1S/C18H22.C16H22.C11H20.C11H22.C2H6/c1-6-9-13(2)12-17-14(3)15-10-7-8-11-16(15)18(17,4)5;1-5-8-13(2)11-14(3)12-16-10-7-6-9-15(16)4;1-5-10(4)8-9-11(6-2)7-3;1-4-6-7-8-10-11(3)9-5-2;1-2/h6-12,14H,1H2,2-5H3;5,7-8,10-11H,1,6,9,12H2,2-4H3;5,8-9,11H,6-7H2,1-4H3;5,9,11H,4,6-8,10H2,1-3H3;1-2H3/b13-9-,17-12+;13-8-,14-11-;9-8-,10-5-;9-5-;. The summed E-state index contributed by atoms with van der Waals surface area (Å²) in [7, 11) is 0. The van der Waals surface area contributed by atoms with E-state index < -0.39 is 0 Å². The Bertz CT molecular complexity index is 1560. The van der Waals surface area contributed by atoms with Gasteiger partial charge in [0.15, 0.2) is 0 Å². The lowest BCUT2D eigenvalue weighted by molar-refractivity contribution is 0.561. The Kier molecular flexibility index (Phi) is 33.3. The second kappa shape index (κ2) is 34.2. The van der Waals surface area contributed by atoms with Gasteiger partial charge in [-0.25, -0.2) is 0 Å². The molecule has 2 unspecified atom stereocenters. The zero-order valence-corrected chi connectivity index (χ0v) is 41.0. The average molecular weight is 789 g/mol. The fraction of sp³-hybridized carbons (Fsp3) is 0.517. The van der Waals surface area contributed by atoms with Crippen molar-refractivity contribution < 1.29 is 0 Å². The van der Waals surface area contributed by atoms with Crippen LogP contribution in [0.2, 0.25) is 0 Å². The Hall–Kier alpha value is -3.64. The minimum atomic E-state index is 0.131. The summed E-state index contributed by atoms with van der Waals surface area (Å²) in [5.74, 6) is 2.06. The molecular weight excluding hydrogens is 697 g/mol. The van der Waals surface area contributed by atoms with Gasteiger partial charge in [0.2, 0.25) is 0 Å². The Labute approximate surface area is 363 Å². The Morgan fingerprint density at radius 1 is 0.862 bits per heavy atom. The summed E-state index contributed by atoms with van der Waals surface area (Å²) in [4.78, 5) is 0. The second-order valence-electron chi connectivity index (χ2n) is 16.6. The molecule has 2 atom stereocenters. The van der Waals surface area contributed by atoms with Crippen LogP contribution in [0, 0.1) is 11.8 Å². The van der Waals surface area contributed by atoms with Crippen molar-refractivity contribution in [1.82, 2.24) is 0 Å². The largest absolute Gasteiger partial charge is 0.0991 e. The molecular formula is C58H92. The van der Waals surface area contributed by atoms with Crippen LogP contribution in [0.15, 0.2) is 155 Å². The highest BCUT2D eigenvalue weighted by atomic mass is 14.4. The second-order valence-corrected chi connectivity index (χ2v) is 16.6. The summed E-state index contributed by atoms with van der Waals surface area (Å²) in [6, 6.07) is 8.80. The number of allylic oxidation sites excluding steroid dienone is 20. The minimum absolute atomic E-state index is 0.131. The van der Waals surface area contributed by atoms with Crippen molar-refractivity contribution in [2.75, 3.05) is 0 Å². The molecule has 0 aliphatic heterocycles. The summed E-state index contributed by atoms with van der Waals surface area (Å²) in [6.45, 7) is 42.5. The average Bonchev–Trinajstić information content (AvgIpc) is 3.39. The number of benzene rings is 1. The maximum Gasteiger partial charge on any atom is 0.0117 e. The molecule has 324 valence electrons. The number of hydrogen-bond donors (Lipinski definition) is 0. The van der Waals surface area contributed by atoms with Gasteiger partial charge in [-0.15, -0.1) is 0 Å². The molecule has 2 aliphatic carbocycles. The van der Waals surface area contributed by atoms with Crippen LogP contribution in [0.5, 0.6) is 0 Å². The first kappa shape index (κ1) is 56.5. The first-order chi connectivity index (χ1) is 27.7. The van der Waals surface area contributed by atoms with Gasteiger partial charge >= 0.3 is 0 Å². The maximum absolute atomic E-state index is 3.76. The molecule has 0 saturated carbocycles. The fourth-order valence-corrected chi connectivity index (χ4v) is 7.37. The summed E-state index contributed by atoms with van der Waals surface area (Å²) in [6.07, 6.45) is 41.0. The molecule has 1 aromatic rings. The van der Waals surface area contributed by atoms with Gasteiger partial charge in [-0.05, 0) is 116 Å². The summed E-state index contributed by atoms with van der Waals surface area (Å²) in [5, 5.41) is 0. The van der Waals surface area contributed by atoms with Crippen molar-refractivity contribution in [2.24, 2.45) is 11.8 Å². The molecule has 1 aromatic carbocycles. The van der Waals surface area contributed by atoms with Crippen molar-refractivity contribution >= 4 is 0 Å². The van der Waals surface area contributed by atoms with E-state index in [2.05, 4.69) is 195 Å². The van der Waals surface area contributed by atoms with Crippen LogP contribution < -0.4 is 0 Å². The minimum Gasteiger partial charge on any atom is -0.0991 e. The van der Waals surface area contributed by atoms with Crippen molar-refractivity contribution in [1.29, 1.82) is 0 Å². The topological polar surface area (TPSA) is 0 Å². The molecule has 0 spiro atoms. The third-order valence-corrected chi connectivity index (χ3v) is 11.1. The predicted molar refractivity (Wildman–Crippen MR) is 270 cm³/mol. The van der Waals surface area contributed by atoms with Gasteiger partial charge in [0, 0.05) is 11.3 Å². The highest BCUT2D eigenvalue weighted by Crippen LogP contribution is 2.50. The number of fused-ring (bicyclic) bond motifs is 1. The van der Waals surface area contributed by atoms with Crippen LogP contribution in [-0.2, 0) is 5.41 Å². The SMILES string of the molecule is C/C=C(C)\C=C/C(CC)CC.C/C=C\C(C)CCCCCC.C=C/C=C(C)\C=C(\C)CC1=C(C)CCC=C1.C=C/C=C(C)\C=C1/C(C)c2ccccc2C1(C)C.CC. The number of unbranched alkanes of at least 4 members (excludes halogenated alkanes) is 3. The zero-order chi connectivity index (χ0) is 44.5. The molecule has 2 aliphatic rings. The third-order valence-electron chi connectivity index (χ3n) is 11.1. The normalized spacial score (nSPS) is 17.7. The van der Waals surface area contributed by atoms with Gasteiger partial charge in [0.25, 0.3) is 0 Å².